The number of hydrogen-bond donors (Lipinski definition) is 2. The van der Waals surface area contributed by atoms with Gasteiger partial charge in [-0.15, -0.1) is 10.2 Å². The number of carbonyl (C=O) groups is 1. The van der Waals surface area contributed by atoms with Crippen LogP contribution in [0.5, 0.6) is 0 Å². The highest BCUT2D eigenvalue weighted by atomic mass is 32.1. The summed E-state index contributed by atoms with van der Waals surface area (Å²) in [7, 11) is 3.46. The molecule has 1 aromatic heterocycles. The molecule has 2 rings (SSSR count). The Hall–Kier alpha value is -1.70. The van der Waals surface area contributed by atoms with Crippen molar-refractivity contribution in [3.8, 4) is 0 Å². The fraction of sp³-hybridized carbons (Fsp3) is 0.692. The van der Waals surface area contributed by atoms with E-state index >= 15 is 0 Å². The summed E-state index contributed by atoms with van der Waals surface area (Å²) in [6, 6.07) is 0.477. The molecular formula is C13H22N6OS. The summed E-state index contributed by atoms with van der Waals surface area (Å²) in [5.41, 5.74) is 0. The molecule has 1 amide bonds. The Bertz CT molecular complexity index is 522. The number of guanidine groups is 1. The Balaban J connectivity index is 1.98. The average molecular weight is 310 g/mol. The molecule has 0 saturated heterocycles. The summed E-state index contributed by atoms with van der Waals surface area (Å²) in [5, 5.41) is 16.6. The molecule has 0 radical (unpaired) electrons. The quantitative estimate of drug-likeness (QED) is 0.618. The molecule has 8 heteroatoms. The molecule has 1 aromatic rings. The number of amides is 1. The van der Waals surface area contributed by atoms with E-state index in [9.17, 15) is 4.79 Å². The first-order valence-electron chi connectivity index (χ1n) is 7.03. The van der Waals surface area contributed by atoms with Gasteiger partial charge >= 0.3 is 0 Å². The van der Waals surface area contributed by atoms with Gasteiger partial charge in [-0.2, -0.15) is 0 Å². The lowest BCUT2D eigenvalue weighted by Gasteiger charge is -2.16. The first-order chi connectivity index (χ1) is 9.95. The number of hydrogen-bond acceptors (Lipinski definition) is 5. The highest BCUT2D eigenvalue weighted by Gasteiger charge is 2.23. The Morgan fingerprint density at radius 1 is 1.48 bits per heavy atom. The summed E-state index contributed by atoms with van der Waals surface area (Å²) < 4.78 is 0. The topological polar surface area (TPSA) is 82.5 Å². The number of likely N-dealkylation sites (N-methyl/N-ethyl adjacent to an activating group) is 1. The zero-order valence-corrected chi connectivity index (χ0v) is 13.7. The van der Waals surface area contributed by atoms with Gasteiger partial charge in [0.1, 0.15) is 16.6 Å². The molecule has 1 aliphatic carbocycles. The third-order valence-electron chi connectivity index (χ3n) is 3.05. The predicted octanol–water partition coefficient (Wildman–Crippen LogP) is 0.693. The second-order valence-electron chi connectivity index (χ2n) is 5.40. The third kappa shape index (κ3) is 4.96. The van der Waals surface area contributed by atoms with E-state index in [0.29, 0.717) is 12.0 Å². The smallest absolute Gasteiger partial charge is 0.243 e. The van der Waals surface area contributed by atoms with Crippen molar-refractivity contribution in [1.82, 2.24) is 25.7 Å². The molecule has 1 fully saturated rings. The van der Waals surface area contributed by atoms with Gasteiger partial charge in [0.2, 0.25) is 5.91 Å². The first-order valence-corrected chi connectivity index (χ1v) is 7.85. The molecule has 1 saturated carbocycles. The second kappa shape index (κ2) is 6.84. The van der Waals surface area contributed by atoms with Crippen molar-refractivity contribution in [1.29, 1.82) is 0 Å². The molecule has 116 valence electrons. The first kappa shape index (κ1) is 15.7. The maximum Gasteiger partial charge on any atom is 0.243 e. The number of nitrogens with one attached hydrogen (secondary N) is 2. The normalized spacial score (nSPS) is 16.5. The summed E-state index contributed by atoms with van der Waals surface area (Å²) in [5.74, 6) is 0.638. The third-order valence-corrected chi connectivity index (χ3v) is 4.08. The minimum Gasteiger partial charge on any atom is -0.354 e. The Morgan fingerprint density at radius 3 is 2.71 bits per heavy atom. The van der Waals surface area contributed by atoms with Crippen molar-refractivity contribution < 1.29 is 4.79 Å². The molecule has 0 bridgehead atoms. The summed E-state index contributed by atoms with van der Waals surface area (Å²) in [6.45, 7) is 4.08. The Labute approximate surface area is 128 Å². The number of aliphatic imine (C=N–C) groups is 1. The van der Waals surface area contributed by atoms with Crippen LogP contribution in [0.1, 0.15) is 35.8 Å². The van der Waals surface area contributed by atoms with Crippen molar-refractivity contribution in [2.24, 2.45) is 4.99 Å². The highest BCUT2D eigenvalue weighted by Crippen LogP contribution is 2.20. The van der Waals surface area contributed by atoms with Crippen molar-refractivity contribution in [2.75, 3.05) is 20.6 Å². The van der Waals surface area contributed by atoms with Crippen LogP contribution in [0.15, 0.2) is 4.99 Å². The molecule has 1 atom stereocenters. The molecule has 7 nitrogen and oxygen atoms in total. The Morgan fingerprint density at radius 2 is 2.19 bits per heavy atom. The van der Waals surface area contributed by atoms with Gasteiger partial charge in [-0.25, -0.2) is 4.99 Å². The maximum atomic E-state index is 11.7. The molecule has 2 N–H and O–H groups in total. The van der Waals surface area contributed by atoms with E-state index in [1.54, 1.807) is 25.4 Å². The van der Waals surface area contributed by atoms with Gasteiger partial charge in [0.25, 0.3) is 0 Å². The largest absolute Gasteiger partial charge is 0.354 e. The SMILES string of the molecule is Cc1nnc(C(C)NC(=NCC(=O)N(C)C)NC2CC2)s1. The predicted molar refractivity (Wildman–Crippen MR) is 83.4 cm³/mol. The van der Waals surface area contributed by atoms with Gasteiger partial charge in [-0.1, -0.05) is 11.3 Å². The second-order valence-corrected chi connectivity index (χ2v) is 6.61. The van der Waals surface area contributed by atoms with Crippen LogP contribution in [0.25, 0.3) is 0 Å². The Kier molecular flexibility index (Phi) is 5.11. The summed E-state index contributed by atoms with van der Waals surface area (Å²) in [4.78, 5) is 17.5. The monoisotopic (exact) mass is 310 g/mol. The zero-order chi connectivity index (χ0) is 15.4. The van der Waals surface area contributed by atoms with Gasteiger partial charge in [0.05, 0.1) is 6.04 Å². The molecule has 1 unspecified atom stereocenters. The lowest BCUT2D eigenvalue weighted by molar-refractivity contribution is -0.127. The van der Waals surface area contributed by atoms with Gasteiger partial charge in [0.15, 0.2) is 5.96 Å². The number of nitrogens with zero attached hydrogens (tertiary/aromatic N) is 4. The molecule has 0 aliphatic heterocycles. The van der Waals surface area contributed by atoms with E-state index in [1.807, 2.05) is 13.8 Å². The highest BCUT2D eigenvalue weighted by molar-refractivity contribution is 7.11. The number of aromatic nitrogens is 2. The maximum absolute atomic E-state index is 11.7. The molecule has 1 aliphatic rings. The summed E-state index contributed by atoms with van der Waals surface area (Å²) in [6.07, 6.45) is 2.29. The standard InChI is InChI=1S/C13H22N6OS/c1-8(12-18-17-9(2)21-12)15-13(16-10-5-6-10)14-7-11(20)19(3)4/h8,10H,5-7H2,1-4H3,(H2,14,15,16). The van der Waals surface area contributed by atoms with Gasteiger partial charge in [-0.05, 0) is 26.7 Å². The van der Waals surface area contributed by atoms with Crippen LogP contribution in [0.2, 0.25) is 0 Å². The summed E-state index contributed by atoms with van der Waals surface area (Å²) >= 11 is 1.56. The van der Waals surface area contributed by atoms with E-state index in [1.165, 1.54) is 4.90 Å². The van der Waals surface area contributed by atoms with Crippen LogP contribution in [-0.4, -0.2) is 53.6 Å². The van der Waals surface area contributed by atoms with Crippen LogP contribution in [-0.2, 0) is 4.79 Å². The van der Waals surface area contributed by atoms with Crippen molar-refractivity contribution in [3.63, 3.8) is 0 Å². The number of aryl methyl sites for hydroxylation is 1. The van der Waals surface area contributed by atoms with E-state index in [0.717, 1.165) is 22.9 Å². The van der Waals surface area contributed by atoms with Gasteiger partial charge < -0.3 is 15.5 Å². The van der Waals surface area contributed by atoms with Crippen LogP contribution in [0, 0.1) is 6.92 Å². The average Bonchev–Trinajstić information content (AvgIpc) is 3.14. The number of carbonyl (C=O) groups excluding carboxylic acids is 1. The fourth-order valence-corrected chi connectivity index (χ4v) is 2.30. The lowest BCUT2D eigenvalue weighted by Crippen LogP contribution is -2.40. The van der Waals surface area contributed by atoms with E-state index in [-0.39, 0.29) is 18.5 Å². The van der Waals surface area contributed by atoms with E-state index < -0.39 is 0 Å². The van der Waals surface area contributed by atoms with Gasteiger partial charge in [0, 0.05) is 20.1 Å². The van der Waals surface area contributed by atoms with Crippen LogP contribution < -0.4 is 10.6 Å². The molecule has 0 aromatic carbocycles. The van der Waals surface area contributed by atoms with E-state index in [4.69, 9.17) is 0 Å². The molecule has 21 heavy (non-hydrogen) atoms. The minimum atomic E-state index is -0.0219. The van der Waals surface area contributed by atoms with Crippen LogP contribution in [0.4, 0.5) is 0 Å². The minimum absolute atomic E-state index is 0.00987. The lowest BCUT2D eigenvalue weighted by atomic mass is 10.3. The van der Waals surface area contributed by atoms with Crippen molar-refractivity contribution in [3.05, 3.63) is 10.0 Å². The van der Waals surface area contributed by atoms with Crippen LogP contribution in [0.3, 0.4) is 0 Å². The van der Waals surface area contributed by atoms with Gasteiger partial charge in [-0.3, -0.25) is 4.79 Å². The molecule has 1 heterocycles. The number of rotatable bonds is 5. The fourth-order valence-electron chi connectivity index (χ4n) is 1.60. The molecular weight excluding hydrogens is 288 g/mol. The van der Waals surface area contributed by atoms with Crippen molar-refractivity contribution in [2.45, 2.75) is 38.8 Å². The van der Waals surface area contributed by atoms with E-state index in [2.05, 4.69) is 25.8 Å². The zero-order valence-electron chi connectivity index (χ0n) is 12.9. The molecule has 0 spiro atoms. The van der Waals surface area contributed by atoms with Crippen LogP contribution >= 0.6 is 11.3 Å². The van der Waals surface area contributed by atoms with Crippen molar-refractivity contribution >= 4 is 23.2 Å².